The molecule has 2 fully saturated rings. The number of halogens is 1. The first-order valence-electron chi connectivity index (χ1n) is 6.35. The zero-order valence-electron chi connectivity index (χ0n) is 10.2. The smallest absolute Gasteiger partial charge is 0.222 e. The third kappa shape index (κ3) is 4.45. The van der Waals surface area contributed by atoms with Gasteiger partial charge < -0.3 is 15.8 Å². The van der Waals surface area contributed by atoms with Crippen LogP contribution in [0.25, 0.3) is 0 Å². The lowest BCUT2D eigenvalue weighted by Crippen LogP contribution is -2.55. The van der Waals surface area contributed by atoms with E-state index in [1.807, 2.05) is 0 Å². The van der Waals surface area contributed by atoms with E-state index in [1.165, 1.54) is 12.8 Å². The normalized spacial score (nSPS) is 26.5. The molecule has 5 heteroatoms. The van der Waals surface area contributed by atoms with Gasteiger partial charge in [-0.15, -0.1) is 12.4 Å². The van der Waals surface area contributed by atoms with Crippen molar-refractivity contribution in [3.8, 4) is 0 Å². The standard InChI is InChI=1S/C12H22N2O2.ClH/c13-12(5-3-6-12)9-14-11(15)8-10-4-1-2-7-16-10;/h10H,1-9,13H2,(H,14,15);1H. The average Bonchev–Trinajstić information content (AvgIpc) is 2.25. The molecular formula is C12H23ClN2O2. The summed E-state index contributed by atoms with van der Waals surface area (Å²) in [5.41, 5.74) is 5.92. The molecule has 17 heavy (non-hydrogen) atoms. The van der Waals surface area contributed by atoms with E-state index in [0.29, 0.717) is 13.0 Å². The van der Waals surface area contributed by atoms with E-state index in [2.05, 4.69) is 5.32 Å². The molecule has 1 unspecified atom stereocenters. The summed E-state index contributed by atoms with van der Waals surface area (Å²) in [6.45, 7) is 1.43. The van der Waals surface area contributed by atoms with Crippen LogP contribution in [-0.4, -0.2) is 30.7 Å². The van der Waals surface area contributed by atoms with E-state index >= 15 is 0 Å². The molecule has 1 amide bonds. The summed E-state index contributed by atoms with van der Waals surface area (Å²) in [7, 11) is 0. The molecular weight excluding hydrogens is 240 g/mol. The van der Waals surface area contributed by atoms with Crippen molar-refractivity contribution in [3.05, 3.63) is 0 Å². The second-order valence-electron chi connectivity index (χ2n) is 5.19. The Labute approximate surface area is 109 Å². The molecule has 0 spiro atoms. The highest BCUT2D eigenvalue weighted by molar-refractivity contribution is 5.85. The molecule has 2 aliphatic rings. The van der Waals surface area contributed by atoms with Crippen molar-refractivity contribution >= 4 is 18.3 Å². The molecule has 1 aliphatic heterocycles. The second kappa shape index (κ2) is 6.57. The van der Waals surface area contributed by atoms with E-state index in [-0.39, 0.29) is 30.0 Å². The first kappa shape index (κ1) is 14.7. The first-order valence-corrected chi connectivity index (χ1v) is 6.35. The molecule has 3 N–H and O–H groups in total. The van der Waals surface area contributed by atoms with Gasteiger partial charge in [0.25, 0.3) is 0 Å². The maximum atomic E-state index is 11.7. The lowest BCUT2D eigenvalue weighted by molar-refractivity contribution is -0.125. The van der Waals surface area contributed by atoms with Gasteiger partial charge in [-0.3, -0.25) is 4.79 Å². The van der Waals surface area contributed by atoms with Gasteiger partial charge in [-0.05, 0) is 38.5 Å². The molecule has 1 saturated carbocycles. The number of nitrogens with two attached hydrogens (primary N) is 1. The first-order chi connectivity index (χ1) is 7.68. The van der Waals surface area contributed by atoms with Crippen LogP contribution in [0.4, 0.5) is 0 Å². The molecule has 0 aromatic carbocycles. The number of carbonyl (C=O) groups is 1. The molecule has 100 valence electrons. The number of nitrogens with one attached hydrogen (secondary N) is 1. The Balaban J connectivity index is 0.00000144. The Bertz CT molecular complexity index is 251. The molecule has 0 radical (unpaired) electrons. The maximum Gasteiger partial charge on any atom is 0.222 e. The van der Waals surface area contributed by atoms with E-state index in [0.717, 1.165) is 32.3 Å². The van der Waals surface area contributed by atoms with E-state index in [9.17, 15) is 4.79 Å². The highest BCUT2D eigenvalue weighted by atomic mass is 35.5. The fourth-order valence-corrected chi connectivity index (χ4v) is 2.33. The van der Waals surface area contributed by atoms with Gasteiger partial charge in [-0.2, -0.15) is 0 Å². The largest absolute Gasteiger partial charge is 0.378 e. The molecule has 1 heterocycles. The Morgan fingerprint density at radius 1 is 1.35 bits per heavy atom. The summed E-state index contributed by atoms with van der Waals surface area (Å²) in [6, 6.07) is 0. The monoisotopic (exact) mass is 262 g/mol. The minimum absolute atomic E-state index is 0. The van der Waals surface area contributed by atoms with Crippen LogP contribution < -0.4 is 11.1 Å². The lowest BCUT2D eigenvalue weighted by atomic mass is 9.78. The Kier molecular flexibility index (Phi) is 5.70. The highest BCUT2D eigenvalue weighted by Gasteiger charge is 2.32. The minimum atomic E-state index is -0.122. The molecule has 1 atom stereocenters. The predicted octanol–water partition coefficient (Wildman–Crippen LogP) is 1.36. The van der Waals surface area contributed by atoms with Crippen LogP contribution in [-0.2, 0) is 9.53 Å². The van der Waals surface area contributed by atoms with Crippen LogP contribution in [0.5, 0.6) is 0 Å². The predicted molar refractivity (Wildman–Crippen MR) is 69.2 cm³/mol. The zero-order valence-corrected chi connectivity index (χ0v) is 11.1. The number of rotatable bonds is 4. The van der Waals surface area contributed by atoms with Crippen molar-refractivity contribution < 1.29 is 9.53 Å². The third-order valence-corrected chi connectivity index (χ3v) is 3.67. The van der Waals surface area contributed by atoms with Crippen LogP contribution in [0.15, 0.2) is 0 Å². The van der Waals surface area contributed by atoms with Crippen LogP contribution in [0.3, 0.4) is 0 Å². The van der Waals surface area contributed by atoms with Crippen molar-refractivity contribution in [1.82, 2.24) is 5.32 Å². The fraction of sp³-hybridized carbons (Fsp3) is 0.917. The zero-order chi connectivity index (χ0) is 11.4. The molecule has 4 nitrogen and oxygen atoms in total. The van der Waals surface area contributed by atoms with E-state index < -0.39 is 0 Å². The number of hydrogen-bond donors (Lipinski definition) is 2. The van der Waals surface area contributed by atoms with Gasteiger partial charge in [0.1, 0.15) is 0 Å². The number of amides is 1. The molecule has 2 rings (SSSR count). The number of ether oxygens (including phenoxy) is 1. The third-order valence-electron chi connectivity index (χ3n) is 3.67. The molecule has 0 aromatic heterocycles. The quantitative estimate of drug-likeness (QED) is 0.804. The van der Waals surface area contributed by atoms with Crippen molar-refractivity contribution in [2.24, 2.45) is 5.73 Å². The number of hydrogen-bond acceptors (Lipinski definition) is 3. The fourth-order valence-electron chi connectivity index (χ4n) is 2.33. The van der Waals surface area contributed by atoms with Crippen molar-refractivity contribution in [3.63, 3.8) is 0 Å². The molecule has 0 bridgehead atoms. The van der Waals surface area contributed by atoms with E-state index in [1.54, 1.807) is 0 Å². The van der Waals surface area contributed by atoms with Crippen LogP contribution >= 0.6 is 12.4 Å². The summed E-state index contributed by atoms with van der Waals surface area (Å²) in [6.07, 6.45) is 7.21. The van der Waals surface area contributed by atoms with Gasteiger partial charge in [0, 0.05) is 18.7 Å². The highest BCUT2D eigenvalue weighted by Crippen LogP contribution is 2.28. The second-order valence-corrected chi connectivity index (χ2v) is 5.19. The summed E-state index contributed by atoms with van der Waals surface area (Å²) in [5, 5.41) is 2.93. The molecule has 1 saturated heterocycles. The van der Waals surface area contributed by atoms with Crippen molar-refractivity contribution in [2.45, 2.75) is 56.6 Å². The Morgan fingerprint density at radius 2 is 2.12 bits per heavy atom. The van der Waals surface area contributed by atoms with Gasteiger partial charge in [0.05, 0.1) is 12.5 Å². The molecule has 0 aromatic rings. The maximum absolute atomic E-state index is 11.7. The van der Waals surface area contributed by atoms with Gasteiger partial charge in [-0.25, -0.2) is 0 Å². The van der Waals surface area contributed by atoms with E-state index in [4.69, 9.17) is 10.5 Å². The van der Waals surface area contributed by atoms with Crippen LogP contribution in [0.2, 0.25) is 0 Å². The summed E-state index contributed by atoms with van der Waals surface area (Å²) >= 11 is 0. The van der Waals surface area contributed by atoms with Crippen LogP contribution in [0.1, 0.15) is 44.9 Å². The topological polar surface area (TPSA) is 64.3 Å². The van der Waals surface area contributed by atoms with Crippen LogP contribution in [0, 0.1) is 0 Å². The number of carbonyl (C=O) groups excluding carboxylic acids is 1. The summed E-state index contributed by atoms with van der Waals surface area (Å²) < 4.78 is 5.53. The molecule has 1 aliphatic carbocycles. The summed E-state index contributed by atoms with van der Waals surface area (Å²) in [5.74, 6) is 0.0867. The van der Waals surface area contributed by atoms with Crippen molar-refractivity contribution in [2.75, 3.05) is 13.2 Å². The van der Waals surface area contributed by atoms with Crippen molar-refractivity contribution in [1.29, 1.82) is 0 Å². The van der Waals surface area contributed by atoms with Gasteiger partial charge in [0.15, 0.2) is 0 Å². The minimum Gasteiger partial charge on any atom is -0.378 e. The van der Waals surface area contributed by atoms with Gasteiger partial charge in [0.2, 0.25) is 5.91 Å². The van der Waals surface area contributed by atoms with Gasteiger partial charge in [-0.1, -0.05) is 0 Å². The lowest BCUT2D eigenvalue weighted by Gasteiger charge is -2.38. The SMILES string of the molecule is Cl.NC1(CNC(=O)CC2CCCCO2)CCC1. The summed E-state index contributed by atoms with van der Waals surface area (Å²) in [4.78, 5) is 11.7. The van der Waals surface area contributed by atoms with Gasteiger partial charge >= 0.3 is 0 Å². The average molecular weight is 263 g/mol. The Morgan fingerprint density at radius 3 is 2.65 bits per heavy atom. The Hall–Kier alpha value is -0.320.